The molecule has 1 rings (SSSR count). The second kappa shape index (κ2) is 4.43. The van der Waals surface area contributed by atoms with Crippen molar-refractivity contribution in [3.63, 3.8) is 0 Å². The van der Waals surface area contributed by atoms with Crippen LogP contribution in [-0.4, -0.2) is 38.3 Å². The minimum Gasteiger partial charge on any atom is -0.385 e. The molecule has 1 aliphatic rings. The molecule has 1 heterocycles. The van der Waals surface area contributed by atoms with E-state index in [0.717, 1.165) is 12.5 Å². The number of nitrogens with zero attached hydrogens (tertiary/aromatic N) is 1. The summed E-state index contributed by atoms with van der Waals surface area (Å²) in [6.45, 7) is 11.6. The normalized spacial score (nSPS) is 20.3. The number of hydrogen-bond acceptors (Lipinski definition) is 2. The summed E-state index contributed by atoms with van der Waals surface area (Å²) in [6.07, 6.45) is 1.23. The third kappa shape index (κ3) is 4.10. The molecule has 2 nitrogen and oxygen atoms in total. The maximum absolute atomic E-state index is 5.07. The molecule has 0 unspecified atom stereocenters. The fraction of sp³-hybridized carbons (Fsp3) is 1.00. The molecule has 0 radical (unpaired) electrons. The zero-order valence-electron chi connectivity index (χ0n) is 9.47. The predicted octanol–water partition coefficient (Wildman–Crippen LogP) is 2.00. The van der Waals surface area contributed by atoms with Crippen molar-refractivity contribution in [3.8, 4) is 0 Å². The van der Waals surface area contributed by atoms with Crippen molar-refractivity contribution in [1.29, 1.82) is 0 Å². The number of hydrogen-bond donors (Lipinski definition) is 0. The summed E-state index contributed by atoms with van der Waals surface area (Å²) in [6, 6.07) is 0. The Hall–Kier alpha value is -0.0800. The van der Waals surface area contributed by atoms with Crippen LogP contribution in [0.15, 0.2) is 0 Å². The molecule has 0 spiro atoms. The molecular weight excluding hydrogens is 162 g/mol. The first-order valence-corrected chi connectivity index (χ1v) is 5.22. The Morgan fingerprint density at radius 1 is 1.31 bits per heavy atom. The van der Waals surface area contributed by atoms with Gasteiger partial charge in [-0.15, -0.1) is 0 Å². The Bertz CT molecular complexity index is 145. The van der Waals surface area contributed by atoms with Crippen LogP contribution in [0.5, 0.6) is 0 Å². The summed E-state index contributed by atoms with van der Waals surface area (Å²) in [5.41, 5.74) is 0.451. The van der Waals surface area contributed by atoms with Crippen LogP contribution in [0.1, 0.15) is 27.2 Å². The minimum absolute atomic E-state index is 0.451. The van der Waals surface area contributed by atoms with Crippen molar-refractivity contribution in [1.82, 2.24) is 4.90 Å². The van der Waals surface area contributed by atoms with Crippen molar-refractivity contribution < 1.29 is 4.74 Å². The van der Waals surface area contributed by atoms with Crippen LogP contribution in [0, 0.1) is 11.3 Å². The van der Waals surface area contributed by atoms with E-state index in [1.807, 2.05) is 0 Å². The van der Waals surface area contributed by atoms with Crippen LogP contribution in [0.3, 0.4) is 0 Å². The average Bonchev–Trinajstić information content (AvgIpc) is 1.91. The van der Waals surface area contributed by atoms with E-state index >= 15 is 0 Å². The van der Waals surface area contributed by atoms with Crippen LogP contribution in [0.2, 0.25) is 0 Å². The summed E-state index contributed by atoms with van der Waals surface area (Å²) in [7, 11) is 1.78. The van der Waals surface area contributed by atoms with Gasteiger partial charge in [-0.1, -0.05) is 20.8 Å². The standard InChI is InChI=1S/C11H23NO/c1-11(2,3)9-12-7-10(8-12)5-6-13-4/h10H,5-9H2,1-4H3. The zero-order valence-corrected chi connectivity index (χ0v) is 9.47. The molecule has 0 atom stereocenters. The Morgan fingerprint density at radius 3 is 2.38 bits per heavy atom. The van der Waals surface area contributed by atoms with Crippen molar-refractivity contribution in [3.05, 3.63) is 0 Å². The molecule has 0 bridgehead atoms. The third-order valence-corrected chi connectivity index (χ3v) is 2.46. The second-order valence-electron chi connectivity index (χ2n) is 5.40. The first-order valence-electron chi connectivity index (χ1n) is 5.22. The smallest absolute Gasteiger partial charge is 0.0465 e. The number of ether oxygens (including phenoxy) is 1. The molecule has 78 valence electrons. The van der Waals surface area contributed by atoms with Gasteiger partial charge in [-0.25, -0.2) is 0 Å². The largest absolute Gasteiger partial charge is 0.385 e. The highest BCUT2D eigenvalue weighted by atomic mass is 16.5. The van der Waals surface area contributed by atoms with E-state index in [4.69, 9.17) is 4.74 Å². The lowest BCUT2D eigenvalue weighted by Crippen LogP contribution is -2.50. The third-order valence-electron chi connectivity index (χ3n) is 2.46. The monoisotopic (exact) mass is 185 g/mol. The lowest BCUT2D eigenvalue weighted by molar-refractivity contribution is 0.0435. The topological polar surface area (TPSA) is 12.5 Å². The molecule has 1 saturated heterocycles. The van der Waals surface area contributed by atoms with Crippen molar-refractivity contribution in [2.75, 3.05) is 33.4 Å². The van der Waals surface area contributed by atoms with Crippen LogP contribution in [-0.2, 0) is 4.74 Å². The molecule has 13 heavy (non-hydrogen) atoms. The Labute approximate surface area is 82.3 Å². The SMILES string of the molecule is COCCC1CN(CC(C)(C)C)C1. The number of methoxy groups -OCH3 is 1. The molecule has 0 aliphatic carbocycles. The molecule has 0 aromatic carbocycles. The van der Waals surface area contributed by atoms with Crippen LogP contribution >= 0.6 is 0 Å². The highest BCUT2D eigenvalue weighted by Crippen LogP contribution is 2.24. The molecule has 0 aromatic heterocycles. The summed E-state index contributed by atoms with van der Waals surface area (Å²) in [5, 5.41) is 0. The molecule has 0 amide bonds. The van der Waals surface area contributed by atoms with Gasteiger partial charge < -0.3 is 9.64 Å². The molecular formula is C11H23NO. The first kappa shape index (κ1) is 11.0. The van der Waals surface area contributed by atoms with E-state index < -0.39 is 0 Å². The van der Waals surface area contributed by atoms with Gasteiger partial charge in [-0.2, -0.15) is 0 Å². The quantitative estimate of drug-likeness (QED) is 0.664. The lowest BCUT2D eigenvalue weighted by atomic mass is 9.90. The Balaban J connectivity index is 2.05. The van der Waals surface area contributed by atoms with Gasteiger partial charge in [0.2, 0.25) is 0 Å². The summed E-state index contributed by atoms with van der Waals surface area (Å²) in [5.74, 6) is 0.891. The van der Waals surface area contributed by atoms with E-state index in [-0.39, 0.29) is 0 Å². The van der Waals surface area contributed by atoms with Crippen molar-refractivity contribution >= 4 is 0 Å². The van der Waals surface area contributed by atoms with Gasteiger partial charge >= 0.3 is 0 Å². The molecule has 2 heteroatoms. The minimum atomic E-state index is 0.451. The summed E-state index contributed by atoms with van der Waals surface area (Å²) >= 11 is 0. The number of likely N-dealkylation sites (tertiary alicyclic amines) is 1. The Morgan fingerprint density at radius 2 is 1.92 bits per heavy atom. The van der Waals surface area contributed by atoms with E-state index in [9.17, 15) is 0 Å². The van der Waals surface area contributed by atoms with Gasteiger partial charge in [-0.3, -0.25) is 0 Å². The van der Waals surface area contributed by atoms with Gasteiger partial charge in [-0.05, 0) is 17.8 Å². The van der Waals surface area contributed by atoms with E-state index in [1.165, 1.54) is 26.1 Å². The van der Waals surface area contributed by atoms with Gasteiger partial charge in [0.25, 0.3) is 0 Å². The fourth-order valence-electron chi connectivity index (χ4n) is 1.94. The van der Waals surface area contributed by atoms with Gasteiger partial charge in [0.15, 0.2) is 0 Å². The van der Waals surface area contributed by atoms with E-state index in [1.54, 1.807) is 7.11 Å². The maximum atomic E-state index is 5.07. The molecule has 0 N–H and O–H groups in total. The van der Waals surface area contributed by atoms with Crippen LogP contribution < -0.4 is 0 Å². The molecule has 0 saturated carbocycles. The molecule has 1 fully saturated rings. The van der Waals surface area contributed by atoms with Crippen LogP contribution in [0.25, 0.3) is 0 Å². The zero-order chi connectivity index (χ0) is 9.90. The van der Waals surface area contributed by atoms with E-state index in [2.05, 4.69) is 25.7 Å². The van der Waals surface area contributed by atoms with Gasteiger partial charge in [0, 0.05) is 33.4 Å². The summed E-state index contributed by atoms with van der Waals surface area (Å²) < 4.78 is 5.07. The fourth-order valence-corrected chi connectivity index (χ4v) is 1.94. The second-order valence-corrected chi connectivity index (χ2v) is 5.40. The van der Waals surface area contributed by atoms with Crippen molar-refractivity contribution in [2.24, 2.45) is 11.3 Å². The van der Waals surface area contributed by atoms with Crippen molar-refractivity contribution in [2.45, 2.75) is 27.2 Å². The predicted molar refractivity (Wildman–Crippen MR) is 55.9 cm³/mol. The average molecular weight is 185 g/mol. The number of rotatable bonds is 4. The van der Waals surface area contributed by atoms with Gasteiger partial charge in [0.05, 0.1) is 0 Å². The summed E-state index contributed by atoms with van der Waals surface area (Å²) in [4.78, 5) is 2.54. The molecule has 0 aromatic rings. The Kier molecular flexibility index (Phi) is 3.74. The molecule has 1 aliphatic heterocycles. The highest BCUT2D eigenvalue weighted by Gasteiger charge is 2.28. The van der Waals surface area contributed by atoms with E-state index in [0.29, 0.717) is 5.41 Å². The highest BCUT2D eigenvalue weighted by molar-refractivity contribution is 4.82. The first-order chi connectivity index (χ1) is 6.01. The maximum Gasteiger partial charge on any atom is 0.0465 e. The lowest BCUT2D eigenvalue weighted by Gasteiger charge is -2.42. The van der Waals surface area contributed by atoms with Gasteiger partial charge in [0.1, 0.15) is 0 Å². The van der Waals surface area contributed by atoms with Crippen LogP contribution in [0.4, 0.5) is 0 Å².